The van der Waals surface area contributed by atoms with E-state index in [1.54, 1.807) is 18.2 Å². The summed E-state index contributed by atoms with van der Waals surface area (Å²) in [4.78, 5) is 0. The van der Waals surface area contributed by atoms with Gasteiger partial charge in [-0.15, -0.1) is 0 Å². The lowest BCUT2D eigenvalue weighted by Gasteiger charge is -2.16. The fourth-order valence-electron chi connectivity index (χ4n) is 2.12. The molecule has 0 aliphatic carbocycles. The minimum Gasteiger partial charge on any atom is -0.494 e. The molecular weight excluding hydrogens is 340 g/mol. The number of hydrogen-bond donors (Lipinski definition) is 1. The first kappa shape index (κ1) is 15.9. The van der Waals surface area contributed by atoms with Crippen molar-refractivity contribution in [2.75, 3.05) is 6.61 Å². The lowest BCUT2D eigenvalue weighted by atomic mass is 9.99. The zero-order valence-corrected chi connectivity index (χ0v) is 13.2. The Morgan fingerprint density at radius 2 is 1.86 bits per heavy atom. The molecule has 5 heteroatoms. The van der Waals surface area contributed by atoms with Crippen LogP contribution >= 0.6 is 15.9 Å². The molecule has 0 bridgehead atoms. The van der Waals surface area contributed by atoms with Gasteiger partial charge in [0.25, 0.3) is 0 Å². The molecule has 2 aromatic rings. The largest absolute Gasteiger partial charge is 0.494 e. The van der Waals surface area contributed by atoms with E-state index in [-0.39, 0.29) is 12.0 Å². The van der Waals surface area contributed by atoms with E-state index >= 15 is 0 Å². The third kappa shape index (κ3) is 3.80. The van der Waals surface area contributed by atoms with Gasteiger partial charge in [0.2, 0.25) is 0 Å². The first-order valence-electron chi connectivity index (χ1n) is 6.63. The third-order valence-corrected chi connectivity index (χ3v) is 3.85. The smallest absolute Gasteiger partial charge is 0.129 e. The molecule has 0 heterocycles. The molecule has 1 atom stereocenters. The van der Waals surface area contributed by atoms with Crippen molar-refractivity contribution in [3.05, 3.63) is 63.6 Å². The normalized spacial score (nSPS) is 12.2. The summed E-state index contributed by atoms with van der Waals surface area (Å²) in [5.41, 5.74) is 6.87. The number of ether oxygens (including phenoxy) is 1. The maximum absolute atomic E-state index is 13.7. The zero-order chi connectivity index (χ0) is 15.4. The van der Waals surface area contributed by atoms with Gasteiger partial charge in [-0.1, -0.05) is 28.1 Å². The van der Waals surface area contributed by atoms with Crippen LogP contribution in [0.5, 0.6) is 5.75 Å². The predicted octanol–water partition coefficient (Wildman–Crippen LogP) is 4.37. The van der Waals surface area contributed by atoms with Crippen LogP contribution in [0.15, 0.2) is 40.9 Å². The van der Waals surface area contributed by atoms with E-state index in [9.17, 15) is 8.78 Å². The molecular formula is C16H16BrF2NO. The first-order chi connectivity index (χ1) is 10.0. The summed E-state index contributed by atoms with van der Waals surface area (Å²) >= 11 is 3.42. The van der Waals surface area contributed by atoms with Gasteiger partial charge in [-0.2, -0.15) is 0 Å². The fourth-order valence-corrected chi connectivity index (χ4v) is 2.77. The Hall–Kier alpha value is -1.46. The second-order valence-electron chi connectivity index (χ2n) is 4.63. The van der Waals surface area contributed by atoms with E-state index in [0.29, 0.717) is 6.61 Å². The van der Waals surface area contributed by atoms with Crippen LogP contribution in [-0.4, -0.2) is 6.61 Å². The van der Waals surface area contributed by atoms with Gasteiger partial charge in [0.05, 0.1) is 6.61 Å². The van der Waals surface area contributed by atoms with Crippen LogP contribution in [0.25, 0.3) is 0 Å². The van der Waals surface area contributed by atoms with Gasteiger partial charge in [-0.05, 0) is 43.2 Å². The average molecular weight is 356 g/mol. The highest BCUT2D eigenvalue weighted by atomic mass is 79.9. The molecule has 2 rings (SSSR count). The van der Waals surface area contributed by atoms with Gasteiger partial charge < -0.3 is 10.5 Å². The number of benzene rings is 2. The van der Waals surface area contributed by atoms with Crippen molar-refractivity contribution in [2.45, 2.75) is 19.4 Å². The predicted molar refractivity (Wildman–Crippen MR) is 82.3 cm³/mol. The number of hydrogen-bond acceptors (Lipinski definition) is 2. The van der Waals surface area contributed by atoms with Crippen LogP contribution in [0.4, 0.5) is 8.78 Å². The number of nitrogens with two attached hydrogens (primary N) is 1. The highest BCUT2D eigenvalue weighted by Crippen LogP contribution is 2.29. The van der Waals surface area contributed by atoms with E-state index in [4.69, 9.17) is 10.5 Å². The first-order valence-corrected chi connectivity index (χ1v) is 7.43. The van der Waals surface area contributed by atoms with E-state index in [0.717, 1.165) is 15.8 Å². The molecule has 0 aliphatic rings. The summed E-state index contributed by atoms with van der Waals surface area (Å²) in [6.45, 7) is 2.47. The van der Waals surface area contributed by atoms with E-state index < -0.39 is 17.7 Å². The molecule has 0 saturated carbocycles. The topological polar surface area (TPSA) is 35.2 Å². The van der Waals surface area contributed by atoms with Gasteiger partial charge in [-0.25, -0.2) is 8.78 Å². The lowest BCUT2D eigenvalue weighted by Crippen LogP contribution is -2.16. The summed E-state index contributed by atoms with van der Waals surface area (Å²) in [5, 5.41) is 0. The molecule has 0 saturated heterocycles. The zero-order valence-electron chi connectivity index (χ0n) is 11.6. The summed E-state index contributed by atoms with van der Waals surface area (Å²) < 4.78 is 33.5. The van der Waals surface area contributed by atoms with Crippen molar-refractivity contribution in [1.82, 2.24) is 0 Å². The van der Waals surface area contributed by atoms with Crippen LogP contribution in [0.2, 0.25) is 0 Å². The van der Waals surface area contributed by atoms with Crippen molar-refractivity contribution < 1.29 is 13.5 Å². The van der Waals surface area contributed by atoms with Gasteiger partial charge in [0, 0.05) is 16.1 Å². The van der Waals surface area contributed by atoms with Gasteiger partial charge in [-0.3, -0.25) is 0 Å². The van der Waals surface area contributed by atoms with E-state index in [1.807, 2.05) is 6.92 Å². The van der Waals surface area contributed by atoms with Crippen LogP contribution in [0.1, 0.15) is 24.1 Å². The maximum atomic E-state index is 13.7. The number of halogens is 3. The van der Waals surface area contributed by atoms with Crippen LogP contribution in [0.3, 0.4) is 0 Å². The molecule has 112 valence electrons. The fraction of sp³-hybridized carbons (Fsp3) is 0.250. The summed E-state index contributed by atoms with van der Waals surface area (Å²) in [5.74, 6) is -0.433. The Morgan fingerprint density at radius 3 is 2.43 bits per heavy atom. The molecule has 2 aromatic carbocycles. The van der Waals surface area contributed by atoms with Gasteiger partial charge in [0.1, 0.15) is 17.4 Å². The van der Waals surface area contributed by atoms with Crippen LogP contribution in [-0.2, 0) is 6.42 Å². The Morgan fingerprint density at radius 1 is 1.19 bits per heavy atom. The second-order valence-corrected chi connectivity index (χ2v) is 5.48. The van der Waals surface area contributed by atoms with Crippen molar-refractivity contribution >= 4 is 15.9 Å². The molecule has 2 N–H and O–H groups in total. The Kier molecular flexibility index (Phi) is 5.31. The SMILES string of the molecule is CCOc1ccc(C(N)Cc2c(F)cccc2F)c(Br)c1. The Bertz CT molecular complexity index is 613. The van der Waals surface area contributed by atoms with Gasteiger partial charge in [0.15, 0.2) is 0 Å². The van der Waals surface area contributed by atoms with Crippen LogP contribution in [0, 0.1) is 11.6 Å². The molecule has 0 spiro atoms. The molecule has 0 aliphatic heterocycles. The quantitative estimate of drug-likeness (QED) is 0.864. The molecule has 1 unspecified atom stereocenters. The highest BCUT2D eigenvalue weighted by Gasteiger charge is 2.16. The molecule has 0 fully saturated rings. The molecule has 0 amide bonds. The van der Waals surface area contributed by atoms with Crippen molar-refractivity contribution in [1.29, 1.82) is 0 Å². The minimum absolute atomic E-state index is 0.00536. The monoisotopic (exact) mass is 355 g/mol. The lowest BCUT2D eigenvalue weighted by molar-refractivity contribution is 0.340. The Balaban J connectivity index is 2.22. The van der Waals surface area contributed by atoms with Crippen molar-refractivity contribution in [2.24, 2.45) is 5.73 Å². The average Bonchev–Trinajstić information content (AvgIpc) is 2.43. The second kappa shape index (κ2) is 7.00. The highest BCUT2D eigenvalue weighted by molar-refractivity contribution is 9.10. The number of rotatable bonds is 5. The Labute approximate surface area is 131 Å². The van der Waals surface area contributed by atoms with E-state index in [1.165, 1.54) is 18.2 Å². The molecule has 0 aromatic heterocycles. The molecule has 2 nitrogen and oxygen atoms in total. The third-order valence-electron chi connectivity index (χ3n) is 3.17. The van der Waals surface area contributed by atoms with Crippen molar-refractivity contribution in [3.8, 4) is 5.75 Å². The summed E-state index contributed by atoms with van der Waals surface area (Å²) in [7, 11) is 0. The van der Waals surface area contributed by atoms with E-state index in [2.05, 4.69) is 15.9 Å². The molecule has 21 heavy (non-hydrogen) atoms. The van der Waals surface area contributed by atoms with Gasteiger partial charge >= 0.3 is 0 Å². The standard InChI is InChI=1S/C16H16BrF2NO/c1-2-21-10-6-7-11(13(17)8-10)16(20)9-12-14(18)4-3-5-15(12)19/h3-8,16H,2,9,20H2,1H3. The minimum atomic E-state index is -0.576. The summed E-state index contributed by atoms with van der Waals surface area (Å²) in [6, 6.07) is 8.70. The summed E-state index contributed by atoms with van der Waals surface area (Å²) in [6.07, 6.45) is 0.0884. The molecule has 0 radical (unpaired) electrons. The van der Waals surface area contributed by atoms with Crippen molar-refractivity contribution in [3.63, 3.8) is 0 Å². The van der Waals surface area contributed by atoms with Crippen LogP contribution < -0.4 is 10.5 Å². The maximum Gasteiger partial charge on any atom is 0.129 e.